The molecule has 1 spiro atoms. The lowest BCUT2D eigenvalue weighted by molar-refractivity contribution is -0.143. The molecule has 1 atom stereocenters. The van der Waals surface area contributed by atoms with Gasteiger partial charge in [0.2, 0.25) is 5.91 Å². The van der Waals surface area contributed by atoms with E-state index in [0.29, 0.717) is 23.5 Å². The third kappa shape index (κ3) is 2.70. The first-order valence-corrected chi connectivity index (χ1v) is 9.77. The van der Waals surface area contributed by atoms with Gasteiger partial charge in [-0.1, -0.05) is 24.3 Å². The zero-order valence-corrected chi connectivity index (χ0v) is 16.0. The largest absolute Gasteiger partial charge is 0.375 e. The van der Waals surface area contributed by atoms with Gasteiger partial charge < -0.3 is 14.5 Å². The summed E-state index contributed by atoms with van der Waals surface area (Å²) in [5.74, 6) is -1.51. The van der Waals surface area contributed by atoms with Gasteiger partial charge in [0, 0.05) is 30.5 Å². The molecule has 2 amide bonds. The van der Waals surface area contributed by atoms with Crippen molar-refractivity contribution in [1.82, 2.24) is 4.90 Å². The molecular formula is C20H18F2N2O3S. The Bertz CT molecular complexity index is 935. The number of thioether (sulfide) groups is 1. The highest BCUT2D eigenvalue weighted by molar-refractivity contribution is 8.01. The SMILES string of the molecule is COCC(=O)N1CCSC12C(=O)N(Cc1c(F)cccc1F)c1ccccc12. The van der Waals surface area contributed by atoms with Crippen molar-refractivity contribution in [1.29, 1.82) is 0 Å². The number of ether oxygens (including phenoxy) is 1. The van der Waals surface area contributed by atoms with Crippen LogP contribution in [0.15, 0.2) is 42.5 Å². The van der Waals surface area contributed by atoms with E-state index in [-0.39, 0.29) is 30.5 Å². The molecule has 4 rings (SSSR count). The molecule has 2 aromatic carbocycles. The second-order valence-corrected chi connectivity index (χ2v) is 7.87. The first-order chi connectivity index (χ1) is 13.5. The molecular weight excluding hydrogens is 386 g/mol. The van der Waals surface area contributed by atoms with Crippen LogP contribution in [0.5, 0.6) is 0 Å². The average molecular weight is 404 g/mol. The van der Waals surface area contributed by atoms with E-state index >= 15 is 0 Å². The number of hydrogen-bond acceptors (Lipinski definition) is 4. The molecule has 146 valence electrons. The molecule has 0 aromatic heterocycles. The Hall–Kier alpha value is -2.45. The van der Waals surface area contributed by atoms with Gasteiger partial charge in [0.25, 0.3) is 5.91 Å². The van der Waals surface area contributed by atoms with Crippen LogP contribution in [0.1, 0.15) is 11.1 Å². The van der Waals surface area contributed by atoms with E-state index in [9.17, 15) is 18.4 Å². The van der Waals surface area contributed by atoms with Crippen molar-refractivity contribution in [3.05, 3.63) is 65.2 Å². The number of carbonyl (C=O) groups excluding carboxylic acids is 2. The number of methoxy groups -OCH3 is 1. The summed E-state index contributed by atoms with van der Waals surface area (Å²) in [6.45, 7) is 0.0114. The summed E-state index contributed by atoms with van der Waals surface area (Å²) in [4.78, 5) is 27.8. The second kappa shape index (κ2) is 7.18. The fourth-order valence-electron chi connectivity index (χ4n) is 3.82. The lowest BCUT2D eigenvalue weighted by atomic mass is 10.1. The predicted octanol–water partition coefficient (Wildman–Crippen LogP) is 2.89. The van der Waals surface area contributed by atoms with Crippen LogP contribution in [-0.2, 0) is 25.7 Å². The van der Waals surface area contributed by atoms with Gasteiger partial charge in [0.15, 0.2) is 4.87 Å². The van der Waals surface area contributed by atoms with Crippen molar-refractivity contribution < 1.29 is 23.1 Å². The van der Waals surface area contributed by atoms with Crippen molar-refractivity contribution in [3.63, 3.8) is 0 Å². The number of halogens is 2. The molecule has 2 heterocycles. The number of benzene rings is 2. The summed E-state index contributed by atoms with van der Waals surface area (Å²) >= 11 is 1.36. The van der Waals surface area contributed by atoms with E-state index in [1.54, 1.807) is 24.3 Å². The Kier molecular flexibility index (Phi) is 4.84. The van der Waals surface area contributed by atoms with E-state index in [1.165, 1.54) is 46.9 Å². The standard InChI is InChI=1S/C20H18F2N2O3S/c1-27-12-18(25)24-9-10-28-20(24)14-5-2-3-8-17(14)23(19(20)26)11-13-15(21)6-4-7-16(13)22/h2-8H,9-12H2,1H3. The average Bonchev–Trinajstić information content (AvgIpc) is 3.22. The number of rotatable bonds is 4. The lowest BCUT2D eigenvalue weighted by Crippen LogP contribution is -2.51. The van der Waals surface area contributed by atoms with Crippen LogP contribution in [0.3, 0.4) is 0 Å². The van der Waals surface area contributed by atoms with Gasteiger partial charge in [-0.25, -0.2) is 8.78 Å². The first kappa shape index (κ1) is 18.9. The van der Waals surface area contributed by atoms with Crippen LogP contribution < -0.4 is 4.90 Å². The van der Waals surface area contributed by atoms with E-state index in [0.717, 1.165) is 0 Å². The molecule has 0 bridgehead atoms. The molecule has 2 aliphatic heterocycles. The van der Waals surface area contributed by atoms with Gasteiger partial charge >= 0.3 is 0 Å². The Morgan fingerprint density at radius 2 is 1.89 bits per heavy atom. The van der Waals surface area contributed by atoms with Gasteiger partial charge in [-0.05, 0) is 18.2 Å². The minimum absolute atomic E-state index is 0.139. The molecule has 28 heavy (non-hydrogen) atoms. The van der Waals surface area contributed by atoms with Crippen molar-refractivity contribution in [2.75, 3.05) is 30.9 Å². The molecule has 1 saturated heterocycles. The van der Waals surface area contributed by atoms with Gasteiger partial charge in [-0.3, -0.25) is 9.59 Å². The highest BCUT2D eigenvalue weighted by atomic mass is 32.2. The summed E-state index contributed by atoms with van der Waals surface area (Å²) < 4.78 is 33.4. The Morgan fingerprint density at radius 1 is 1.18 bits per heavy atom. The highest BCUT2D eigenvalue weighted by Gasteiger charge is 2.59. The lowest BCUT2D eigenvalue weighted by Gasteiger charge is -2.33. The molecule has 5 nitrogen and oxygen atoms in total. The maximum Gasteiger partial charge on any atom is 0.268 e. The zero-order chi connectivity index (χ0) is 19.9. The quantitative estimate of drug-likeness (QED) is 0.786. The van der Waals surface area contributed by atoms with Crippen LogP contribution in [0.4, 0.5) is 14.5 Å². The van der Waals surface area contributed by atoms with Gasteiger partial charge in [0.05, 0.1) is 12.2 Å². The maximum atomic E-state index is 14.2. The summed E-state index contributed by atoms with van der Waals surface area (Å²) in [5, 5.41) is 0. The van der Waals surface area contributed by atoms with Crippen LogP contribution in [0, 0.1) is 11.6 Å². The number of para-hydroxylation sites is 1. The van der Waals surface area contributed by atoms with Crippen molar-refractivity contribution >= 4 is 29.3 Å². The monoisotopic (exact) mass is 404 g/mol. The molecule has 0 radical (unpaired) electrons. The fourth-order valence-corrected chi connectivity index (χ4v) is 5.30. The van der Waals surface area contributed by atoms with Gasteiger partial charge in [0.1, 0.15) is 18.2 Å². The second-order valence-electron chi connectivity index (χ2n) is 6.58. The smallest absolute Gasteiger partial charge is 0.268 e. The number of hydrogen-bond donors (Lipinski definition) is 0. The zero-order valence-electron chi connectivity index (χ0n) is 15.2. The topological polar surface area (TPSA) is 49.9 Å². The van der Waals surface area contributed by atoms with E-state index in [1.807, 2.05) is 0 Å². The molecule has 1 unspecified atom stereocenters. The summed E-state index contributed by atoms with van der Waals surface area (Å²) in [7, 11) is 1.42. The first-order valence-electron chi connectivity index (χ1n) is 8.78. The van der Waals surface area contributed by atoms with E-state index in [2.05, 4.69) is 0 Å². The molecule has 0 saturated carbocycles. The fraction of sp³-hybridized carbons (Fsp3) is 0.300. The van der Waals surface area contributed by atoms with Crippen LogP contribution >= 0.6 is 11.8 Å². The molecule has 2 aliphatic rings. The summed E-state index contributed by atoms with van der Waals surface area (Å²) in [6.07, 6.45) is 0. The minimum Gasteiger partial charge on any atom is -0.375 e. The molecule has 0 N–H and O–H groups in total. The van der Waals surface area contributed by atoms with Crippen molar-refractivity contribution in [3.8, 4) is 0 Å². The number of anilines is 1. The Morgan fingerprint density at radius 3 is 2.61 bits per heavy atom. The third-order valence-corrected chi connectivity index (χ3v) is 6.47. The molecule has 2 aromatic rings. The third-order valence-electron chi connectivity index (χ3n) is 5.05. The van der Waals surface area contributed by atoms with Crippen LogP contribution in [0.25, 0.3) is 0 Å². The van der Waals surface area contributed by atoms with Gasteiger partial charge in [-0.15, -0.1) is 11.8 Å². The predicted molar refractivity (Wildman–Crippen MR) is 102 cm³/mol. The van der Waals surface area contributed by atoms with Crippen LogP contribution in [0.2, 0.25) is 0 Å². The normalized spacial score (nSPS) is 20.9. The number of fused-ring (bicyclic) bond motifs is 2. The molecule has 8 heteroatoms. The van der Waals surface area contributed by atoms with E-state index < -0.39 is 16.5 Å². The number of amides is 2. The van der Waals surface area contributed by atoms with Crippen molar-refractivity contribution in [2.24, 2.45) is 0 Å². The summed E-state index contributed by atoms with van der Waals surface area (Å²) in [5.41, 5.74) is 1.03. The number of nitrogens with zero attached hydrogens (tertiary/aromatic N) is 2. The minimum atomic E-state index is -1.23. The van der Waals surface area contributed by atoms with Crippen molar-refractivity contribution in [2.45, 2.75) is 11.4 Å². The van der Waals surface area contributed by atoms with Gasteiger partial charge in [-0.2, -0.15) is 0 Å². The number of carbonyl (C=O) groups is 2. The van der Waals surface area contributed by atoms with E-state index in [4.69, 9.17) is 4.74 Å². The Labute approximate surface area is 165 Å². The molecule has 0 aliphatic carbocycles. The highest BCUT2D eigenvalue weighted by Crippen LogP contribution is 2.54. The molecule has 1 fully saturated rings. The Balaban J connectivity index is 1.80. The van der Waals surface area contributed by atoms with Crippen LogP contribution in [-0.4, -0.2) is 42.7 Å². The summed E-state index contributed by atoms with van der Waals surface area (Å²) in [6, 6.07) is 10.7. The maximum absolute atomic E-state index is 14.2.